The van der Waals surface area contributed by atoms with Crippen LogP contribution in [0.15, 0.2) is 12.7 Å². The van der Waals surface area contributed by atoms with Crippen molar-refractivity contribution >= 4 is 11.8 Å². The van der Waals surface area contributed by atoms with Gasteiger partial charge in [0, 0.05) is 26.2 Å². The quantitative estimate of drug-likeness (QED) is 0.469. The fourth-order valence-corrected chi connectivity index (χ4v) is 4.23. The van der Waals surface area contributed by atoms with Crippen molar-refractivity contribution in [1.82, 2.24) is 9.80 Å². The van der Waals surface area contributed by atoms with Gasteiger partial charge >= 0.3 is 0 Å². The van der Waals surface area contributed by atoms with Crippen molar-refractivity contribution in [3.05, 3.63) is 12.7 Å². The molecule has 2 amide bonds. The third-order valence-electron chi connectivity index (χ3n) is 6.44. The van der Waals surface area contributed by atoms with E-state index in [1.165, 1.54) is 6.08 Å². The summed E-state index contributed by atoms with van der Waals surface area (Å²) in [6, 6.07) is 0. The number of hydrogen-bond acceptors (Lipinski definition) is 2. The van der Waals surface area contributed by atoms with Crippen molar-refractivity contribution < 1.29 is 9.59 Å². The molecule has 0 N–H and O–H groups in total. The Kier molecular flexibility index (Phi) is 9.46. The van der Waals surface area contributed by atoms with Crippen molar-refractivity contribution in [2.24, 2.45) is 22.7 Å². The maximum atomic E-state index is 11.5. The van der Waals surface area contributed by atoms with Crippen LogP contribution < -0.4 is 0 Å². The van der Waals surface area contributed by atoms with Gasteiger partial charge < -0.3 is 9.80 Å². The normalized spacial score (nSPS) is 18.9. The second-order valence-corrected chi connectivity index (χ2v) is 10.5. The van der Waals surface area contributed by atoms with Crippen LogP contribution in [0.25, 0.3) is 0 Å². The highest BCUT2D eigenvalue weighted by Gasteiger charge is 2.30. The van der Waals surface area contributed by atoms with E-state index in [1.807, 2.05) is 9.80 Å². The predicted octanol–water partition coefficient (Wildman–Crippen LogP) is 4.75. The van der Waals surface area contributed by atoms with E-state index < -0.39 is 0 Å². The summed E-state index contributed by atoms with van der Waals surface area (Å²) in [4.78, 5) is 26.6. The van der Waals surface area contributed by atoms with E-state index in [-0.39, 0.29) is 11.8 Å². The highest BCUT2D eigenvalue weighted by atomic mass is 16.2. The molecule has 0 spiro atoms. The van der Waals surface area contributed by atoms with Crippen LogP contribution in [0.5, 0.6) is 0 Å². The molecule has 0 saturated carbocycles. The number of hydrogen-bond donors (Lipinski definition) is 0. The zero-order valence-electron chi connectivity index (χ0n) is 19.8. The molecule has 0 aliphatic carbocycles. The minimum Gasteiger partial charge on any atom is -0.339 e. The first-order valence-electron chi connectivity index (χ1n) is 11.0. The van der Waals surface area contributed by atoms with Gasteiger partial charge in [-0.2, -0.15) is 0 Å². The molecule has 0 aromatic heterocycles. The molecule has 0 bridgehead atoms. The van der Waals surface area contributed by atoms with Crippen LogP contribution in [-0.2, 0) is 9.59 Å². The standard InChI is InChI=1S/C13H21NO.C12H21NO/c1-5-6-12(15)14-9-7-11(8-10-14)13(2,3)4;1-5-11(14)13-8-6-10(7-9-13)12(2,3)4/h11H,7-10H2,1-4H3;5,10H,1,6-9H2,2-4H3. The molecule has 0 aromatic rings. The summed E-state index contributed by atoms with van der Waals surface area (Å²) < 4.78 is 0. The fraction of sp³-hybridized carbons (Fsp3) is 0.760. The lowest BCUT2D eigenvalue weighted by molar-refractivity contribution is -0.128. The number of nitrogens with zero attached hydrogens (tertiary/aromatic N) is 2. The SMILES string of the molecule is C=CC(=O)N1CCC(C(C)(C)C)CC1.CC#CC(=O)N1CCC(C(C)(C)C)CC1. The Balaban J connectivity index is 0.000000291. The summed E-state index contributed by atoms with van der Waals surface area (Å²) in [6.45, 7) is 22.4. The van der Waals surface area contributed by atoms with E-state index in [4.69, 9.17) is 0 Å². The van der Waals surface area contributed by atoms with Crippen LogP contribution >= 0.6 is 0 Å². The van der Waals surface area contributed by atoms with Crippen LogP contribution in [-0.4, -0.2) is 47.8 Å². The Morgan fingerprint density at radius 1 is 0.828 bits per heavy atom. The third kappa shape index (κ3) is 8.25. The summed E-state index contributed by atoms with van der Waals surface area (Å²) in [5.41, 5.74) is 0.745. The van der Waals surface area contributed by atoms with Crippen LogP contribution in [0.3, 0.4) is 0 Å². The van der Waals surface area contributed by atoms with Crippen molar-refractivity contribution in [3.63, 3.8) is 0 Å². The van der Waals surface area contributed by atoms with E-state index in [0.717, 1.165) is 63.7 Å². The first-order chi connectivity index (χ1) is 13.4. The first kappa shape index (κ1) is 25.3. The molecule has 2 saturated heterocycles. The van der Waals surface area contributed by atoms with E-state index >= 15 is 0 Å². The molecule has 2 heterocycles. The van der Waals surface area contributed by atoms with Crippen LogP contribution in [0.1, 0.15) is 74.1 Å². The lowest BCUT2D eigenvalue weighted by Gasteiger charge is -2.38. The summed E-state index contributed by atoms with van der Waals surface area (Å²) in [6.07, 6.45) is 5.89. The van der Waals surface area contributed by atoms with Crippen LogP contribution in [0.4, 0.5) is 0 Å². The second kappa shape index (κ2) is 10.9. The highest BCUT2D eigenvalue weighted by Crippen LogP contribution is 2.35. The van der Waals surface area contributed by atoms with Crippen molar-refractivity contribution in [3.8, 4) is 11.8 Å². The zero-order valence-corrected chi connectivity index (χ0v) is 19.8. The summed E-state index contributed by atoms with van der Waals surface area (Å²) in [5, 5.41) is 0. The van der Waals surface area contributed by atoms with Gasteiger partial charge in [-0.1, -0.05) is 54.0 Å². The van der Waals surface area contributed by atoms with Gasteiger partial charge in [0.15, 0.2) is 0 Å². The zero-order chi connectivity index (χ0) is 22.2. The van der Waals surface area contributed by atoms with Crippen molar-refractivity contribution in [1.29, 1.82) is 0 Å². The average Bonchev–Trinajstić information content (AvgIpc) is 2.67. The number of piperidine rings is 2. The summed E-state index contributed by atoms with van der Waals surface area (Å²) in [7, 11) is 0. The van der Waals surface area contributed by atoms with Gasteiger partial charge in [0.05, 0.1) is 0 Å². The van der Waals surface area contributed by atoms with Crippen molar-refractivity contribution in [2.45, 2.75) is 74.1 Å². The molecular formula is C25H42N2O2. The summed E-state index contributed by atoms with van der Waals surface area (Å²) in [5.74, 6) is 6.82. The molecule has 2 fully saturated rings. The van der Waals surface area contributed by atoms with E-state index in [9.17, 15) is 9.59 Å². The maximum absolute atomic E-state index is 11.5. The summed E-state index contributed by atoms with van der Waals surface area (Å²) >= 11 is 0. The number of rotatable bonds is 1. The Morgan fingerprint density at radius 3 is 1.52 bits per heavy atom. The molecule has 2 rings (SSSR count). The van der Waals surface area contributed by atoms with E-state index in [2.05, 4.69) is 60.0 Å². The Labute approximate surface area is 179 Å². The minimum atomic E-state index is -0.00939. The van der Waals surface area contributed by atoms with Gasteiger partial charge in [0.25, 0.3) is 5.91 Å². The van der Waals surface area contributed by atoms with Crippen LogP contribution in [0, 0.1) is 34.5 Å². The molecule has 0 aromatic carbocycles. The number of amides is 2. The molecule has 164 valence electrons. The molecule has 0 radical (unpaired) electrons. The Hall–Kier alpha value is -1.76. The van der Waals surface area contributed by atoms with Gasteiger partial charge in [-0.3, -0.25) is 9.59 Å². The molecular weight excluding hydrogens is 360 g/mol. The van der Waals surface area contributed by atoms with Gasteiger partial charge in [0.2, 0.25) is 5.91 Å². The van der Waals surface area contributed by atoms with Gasteiger partial charge in [0.1, 0.15) is 0 Å². The smallest absolute Gasteiger partial charge is 0.298 e. The lowest BCUT2D eigenvalue weighted by atomic mass is 9.75. The topological polar surface area (TPSA) is 40.6 Å². The van der Waals surface area contributed by atoms with Crippen molar-refractivity contribution in [2.75, 3.05) is 26.2 Å². The number of carbonyl (C=O) groups excluding carboxylic acids is 2. The van der Waals surface area contributed by atoms with Crippen LogP contribution in [0.2, 0.25) is 0 Å². The average molecular weight is 403 g/mol. The molecule has 0 unspecified atom stereocenters. The van der Waals surface area contributed by atoms with E-state index in [1.54, 1.807) is 6.92 Å². The number of carbonyl (C=O) groups is 2. The van der Waals surface area contributed by atoms with E-state index in [0.29, 0.717) is 10.8 Å². The third-order valence-corrected chi connectivity index (χ3v) is 6.44. The molecule has 4 nitrogen and oxygen atoms in total. The molecule has 2 aliphatic heterocycles. The molecule has 4 heteroatoms. The Morgan fingerprint density at radius 2 is 1.21 bits per heavy atom. The lowest BCUT2D eigenvalue weighted by Crippen LogP contribution is -2.40. The second-order valence-electron chi connectivity index (χ2n) is 10.5. The predicted molar refractivity (Wildman–Crippen MR) is 121 cm³/mol. The maximum Gasteiger partial charge on any atom is 0.298 e. The molecule has 29 heavy (non-hydrogen) atoms. The monoisotopic (exact) mass is 402 g/mol. The molecule has 0 atom stereocenters. The van der Waals surface area contributed by atoms with Gasteiger partial charge in [-0.05, 0) is 67.3 Å². The highest BCUT2D eigenvalue weighted by molar-refractivity contribution is 5.93. The first-order valence-corrected chi connectivity index (χ1v) is 11.0. The van der Waals surface area contributed by atoms with Gasteiger partial charge in [-0.15, -0.1) is 0 Å². The largest absolute Gasteiger partial charge is 0.339 e. The fourth-order valence-electron chi connectivity index (χ4n) is 4.23. The molecule has 2 aliphatic rings. The number of likely N-dealkylation sites (tertiary alicyclic amines) is 2. The van der Waals surface area contributed by atoms with Gasteiger partial charge in [-0.25, -0.2) is 0 Å². The Bertz CT molecular complexity index is 612. The minimum absolute atomic E-state index is 0.00939.